The zero-order chi connectivity index (χ0) is 13.0. The number of furan rings is 1. The molecule has 17 heavy (non-hydrogen) atoms. The lowest BCUT2D eigenvalue weighted by atomic mass is 10.1. The quantitative estimate of drug-likeness (QED) is 0.789. The largest absolute Gasteiger partial charge is 0.466 e. The van der Waals surface area contributed by atoms with Gasteiger partial charge in [0.05, 0.1) is 10.6 Å². The molecule has 0 fully saturated rings. The number of amides is 1. The summed E-state index contributed by atoms with van der Waals surface area (Å²) in [5.74, 6) is 1.22. The second-order valence-corrected chi connectivity index (χ2v) is 4.60. The van der Waals surface area contributed by atoms with Crippen LogP contribution in [0.1, 0.15) is 41.6 Å². The van der Waals surface area contributed by atoms with Crippen LogP contribution in [0.4, 0.5) is 0 Å². The Labute approximate surface area is 107 Å². The maximum Gasteiger partial charge on any atom is 0.255 e. The van der Waals surface area contributed by atoms with Gasteiger partial charge in [0.15, 0.2) is 0 Å². The third-order valence-electron chi connectivity index (χ3n) is 2.56. The molecule has 0 aromatic carbocycles. The molecule has 1 aromatic heterocycles. The summed E-state index contributed by atoms with van der Waals surface area (Å²) in [6.07, 6.45) is 1.31. The van der Waals surface area contributed by atoms with Gasteiger partial charge in [0.1, 0.15) is 11.5 Å². The lowest BCUT2D eigenvalue weighted by Gasteiger charge is -2.15. The van der Waals surface area contributed by atoms with E-state index in [1.165, 1.54) is 0 Å². The van der Waals surface area contributed by atoms with Crippen molar-refractivity contribution in [2.45, 2.75) is 39.7 Å². The van der Waals surface area contributed by atoms with E-state index < -0.39 is 0 Å². The molecule has 0 bridgehead atoms. The van der Waals surface area contributed by atoms with E-state index in [2.05, 4.69) is 5.32 Å². The van der Waals surface area contributed by atoms with Crippen molar-refractivity contribution in [3.63, 3.8) is 0 Å². The van der Waals surface area contributed by atoms with Crippen LogP contribution in [0.2, 0.25) is 0 Å². The summed E-state index contributed by atoms with van der Waals surface area (Å²) in [5.41, 5.74) is 6.05. The number of thiocarbonyl (C=S) groups is 1. The predicted octanol–water partition coefficient (Wildman–Crippen LogP) is 2.08. The molecule has 3 N–H and O–H groups in total. The Kier molecular flexibility index (Phi) is 4.69. The van der Waals surface area contributed by atoms with Crippen LogP contribution in [0, 0.1) is 13.8 Å². The van der Waals surface area contributed by atoms with Crippen LogP contribution in [0.3, 0.4) is 0 Å². The highest BCUT2D eigenvalue weighted by atomic mass is 32.1. The molecule has 1 atom stereocenters. The van der Waals surface area contributed by atoms with Crippen LogP contribution in [0.5, 0.6) is 0 Å². The molecule has 0 aliphatic carbocycles. The highest BCUT2D eigenvalue weighted by Gasteiger charge is 2.17. The molecule has 1 aromatic rings. The van der Waals surface area contributed by atoms with Crippen molar-refractivity contribution in [2.24, 2.45) is 5.73 Å². The van der Waals surface area contributed by atoms with E-state index >= 15 is 0 Å². The average Bonchev–Trinajstić information content (AvgIpc) is 2.56. The smallest absolute Gasteiger partial charge is 0.255 e. The third kappa shape index (κ3) is 3.85. The van der Waals surface area contributed by atoms with Crippen molar-refractivity contribution in [2.75, 3.05) is 0 Å². The summed E-state index contributed by atoms with van der Waals surface area (Å²) in [6, 6.07) is 1.72. The van der Waals surface area contributed by atoms with E-state index in [1.54, 1.807) is 13.0 Å². The van der Waals surface area contributed by atoms with Gasteiger partial charge < -0.3 is 15.5 Å². The normalized spacial score (nSPS) is 12.2. The molecular weight excluding hydrogens is 236 g/mol. The second-order valence-electron chi connectivity index (χ2n) is 4.08. The van der Waals surface area contributed by atoms with Gasteiger partial charge in [0.25, 0.3) is 5.91 Å². The highest BCUT2D eigenvalue weighted by Crippen LogP contribution is 2.14. The van der Waals surface area contributed by atoms with Crippen LogP contribution in [-0.4, -0.2) is 16.9 Å². The number of nitrogens with two attached hydrogens (primary N) is 1. The molecule has 1 heterocycles. The molecule has 0 saturated heterocycles. The molecule has 4 nitrogen and oxygen atoms in total. The van der Waals surface area contributed by atoms with Gasteiger partial charge >= 0.3 is 0 Å². The Morgan fingerprint density at radius 1 is 1.59 bits per heavy atom. The van der Waals surface area contributed by atoms with Crippen LogP contribution in [0.25, 0.3) is 0 Å². The standard InChI is InChI=1S/C12H18N2O2S/c1-4-9(6-11(13)17)14-12(15)10-5-7(2)16-8(10)3/h5,9H,4,6H2,1-3H3,(H2,13,17)(H,14,15). The Balaban J connectivity index is 2.70. The minimum atomic E-state index is -0.137. The number of hydrogen-bond acceptors (Lipinski definition) is 3. The number of aryl methyl sites for hydroxylation is 2. The van der Waals surface area contributed by atoms with E-state index in [1.807, 2.05) is 13.8 Å². The fourth-order valence-corrected chi connectivity index (χ4v) is 1.86. The maximum atomic E-state index is 12.0. The molecule has 0 spiro atoms. The summed E-state index contributed by atoms with van der Waals surface area (Å²) >= 11 is 4.85. The Bertz CT molecular complexity index is 426. The zero-order valence-electron chi connectivity index (χ0n) is 10.4. The topological polar surface area (TPSA) is 68.3 Å². The Morgan fingerprint density at radius 2 is 2.24 bits per heavy atom. The fraction of sp³-hybridized carbons (Fsp3) is 0.500. The van der Waals surface area contributed by atoms with Crippen molar-refractivity contribution in [3.8, 4) is 0 Å². The molecular formula is C12H18N2O2S. The van der Waals surface area contributed by atoms with Crippen LogP contribution >= 0.6 is 12.2 Å². The van der Waals surface area contributed by atoms with E-state index in [9.17, 15) is 4.79 Å². The van der Waals surface area contributed by atoms with E-state index in [0.29, 0.717) is 22.7 Å². The molecule has 1 rings (SSSR count). The minimum Gasteiger partial charge on any atom is -0.466 e. The zero-order valence-corrected chi connectivity index (χ0v) is 11.2. The minimum absolute atomic E-state index is 0.0189. The molecule has 1 unspecified atom stereocenters. The van der Waals surface area contributed by atoms with Gasteiger partial charge in [-0.3, -0.25) is 4.79 Å². The molecule has 5 heteroatoms. The average molecular weight is 254 g/mol. The lowest BCUT2D eigenvalue weighted by Crippen LogP contribution is -2.37. The summed E-state index contributed by atoms with van der Waals surface area (Å²) in [4.78, 5) is 12.4. The summed E-state index contributed by atoms with van der Waals surface area (Å²) in [7, 11) is 0. The number of nitrogens with one attached hydrogen (secondary N) is 1. The van der Waals surface area contributed by atoms with Crippen LogP contribution < -0.4 is 11.1 Å². The monoisotopic (exact) mass is 254 g/mol. The van der Waals surface area contributed by atoms with Crippen molar-refractivity contribution < 1.29 is 9.21 Å². The Morgan fingerprint density at radius 3 is 2.65 bits per heavy atom. The van der Waals surface area contributed by atoms with E-state index in [4.69, 9.17) is 22.4 Å². The number of carbonyl (C=O) groups is 1. The number of hydrogen-bond donors (Lipinski definition) is 2. The van der Waals surface area contributed by atoms with Gasteiger partial charge in [-0.1, -0.05) is 19.1 Å². The van der Waals surface area contributed by atoms with E-state index in [-0.39, 0.29) is 11.9 Å². The first-order chi connectivity index (χ1) is 7.93. The van der Waals surface area contributed by atoms with Crippen LogP contribution in [0.15, 0.2) is 10.5 Å². The maximum absolute atomic E-state index is 12.0. The van der Waals surface area contributed by atoms with Crippen molar-refractivity contribution >= 4 is 23.1 Å². The molecule has 0 aliphatic heterocycles. The Hall–Kier alpha value is -1.36. The fourth-order valence-electron chi connectivity index (χ4n) is 1.66. The number of carbonyl (C=O) groups excluding carboxylic acids is 1. The van der Waals surface area contributed by atoms with Gasteiger partial charge in [0, 0.05) is 12.5 Å². The molecule has 0 aliphatic rings. The summed E-state index contributed by atoms with van der Waals surface area (Å²) < 4.78 is 5.32. The van der Waals surface area contributed by atoms with Crippen LogP contribution in [-0.2, 0) is 0 Å². The van der Waals surface area contributed by atoms with E-state index in [0.717, 1.165) is 12.2 Å². The van der Waals surface area contributed by atoms with Crippen molar-refractivity contribution in [3.05, 3.63) is 23.2 Å². The molecule has 1 amide bonds. The molecule has 0 radical (unpaired) electrons. The molecule has 94 valence electrons. The molecule has 0 saturated carbocycles. The van der Waals surface area contributed by atoms with Gasteiger partial charge in [-0.15, -0.1) is 0 Å². The number of rotatable bonds is 5. The first-order valence-electron chi connectivity index (χ1n) is 5.60. The van der Waals surface area contributed by atoms with Gasteiger partial charge in [-0.05, 0) is 26.3 Å². The predicted molar refractivity (Wildman–Crippen MR) is 71.1 cm³/mol. The SMILES string of the molecule is CCC(CC(N)=S)NC(=O)c1cc(C)oc1C. The van der Waals surface area contributed by atoms with Gasteiger partial charge in [-0.25, -0.2) is 0 Å². The van der Waals surface area contributed by atoms with Crippen molar-refractivity contribution in [1.29, 1.82) is 0 Å². The summed E-state index contributed by atoms with van der Waals surface area (Å²) in [6.45, 7) is 5.57. The first kappa shape index (κ1) is 13.7. The van der Waals surface area contributed by atoms with Gasteiger partial charge in [-0.2, -0.15) is 0 Å². The van der Waals surface area contributed by atoms with Gasteiger partial charge in [0.2, 0.25) is 0 Å². The van der Waals surface area contributed by atoms with Crippen molar-refractivity contribution in [1.82, 2.24) is 5.32 Å². The second kappa shape index (κ2) is 5.82. The first-order valence-corrected chi connectivity index (χ1v) is 6.01. The summed E-state index contributed by atoms with van der Waals surface area (Å²) in [5, 5.41) is 2.90. The highest BCUT2D eigenvalue weighted by molar-refractivity contribution is 7.80. The third-order valence-corrected chi connectivity index (χ3v) is 2.73. The lowest BCUT2D eigenvalue weighted by molar-refractivity contribution is 0.0935.